The molecule has 130 valence electrons. The van der Waals surface area contributed by atoms with Crippen molar-refractivity contribution in [3.63, 3.8) is 0 Å². The highest BCUT2D eigenvalue weighted by atomic mass is 35.5. The lowest BCUT2D eigenvalue weighted by Gasteiger charge is -2.09. The number of ether oxygens (including phenoxy) is 1. The molecule has 0 aliphatic rings. The number of carbonyl (C=O) groups is 2. The molecule has 0 saturated heterocycles. The summed E-state index contributed by atoms with van der Waals surface area (Å²) in [7, 11) is 1.50. The summed E-state index contributed by atoms with van der Waals surface area (Å²) >= 11 is 5.71. The van der Waals surface area contributed by atoms with E-state index in [0.717, 1.165) is 6.07 Å². The number of hydrogen-bond donors (Lipinski definition) is 2. The van der Waals surface area contributed by atoms with Crippen molar-refractivity contribution in [1.29, 1.82) is 0 Å². The number of halogens is 1. The van der Waals surface area contributed by atoms with Gasteiger partial charge in [-0.2, -0.15) is 0 Å². The number of anilines is 1. The molecule has 0 bridgehead atoms. The van der Waals surface area contributed by atoms with Gasteiger partial charge in [0.1, 0.15) is 0 Å². The zero-order chi connectivity index (χ0) is 18.4. The van der Waals surface area contributed by atoms with Crippen LogP contribution in [0.3, 0.4) is 0 Å². The van der Waals surface area contributed by atoms with Crippen LogP contribution < -0.4 is 15.4 Å². The summed E-state index contributed by atoms with van der Waals surface area (Å²) in [5.74, 6) is -0.883. The maximum atomic E-state index is 12.0. The Morgan fingerprint density at radius 2 is 2.00 bits per heavy atom. The Morgan fingerprint density at radius 1 is 1.24 bits per heavy atom. The zero-order valence-electron chi connectivity index (χ0n) is 13.1. The average molecular weight is 364 g/mol. The number of nitrogens with zero attached hydrogens (tertiary/aromatic N) is 1. The van der Waals surface area contributed by atoms with Gasteiger partial charge in [-0.3, -0.25) is 19.7 Å². The van der Waals surface area contributed by atoms with Crippen LogP contribution in [0.4, 0.5) is 11.4 Å². The fourth-order valence-electron chi connectivity index (χ4n) is 1.98. The molecular formula is C16H14ClN3O5. The molecule has 0 aliphatic carbocycles. The summed E-state index contributed by atoms with van der Waals surface area (Å²) in [6, 6.07) is 10.2. The lowest BCUT2D eigenvalue weighted by molar-refractivity contribution is -0.385. The Morgan fingerprint density at radius 3 is 2.68 bits per heavy atom. The third-order valence-corrected chi connectivity index (χ3v) is 3.35. The van der Waals surface area contributed by atoms with E-state index < -0.39 is 17.4 Å². The molecule has 0 radical (unpaired) electrons. The molecule has 9 heteroatoms. The van der Waals surface area contributed by atoms with E-state index in [1.54, 1.807) is 18.2 Å². The van der Waals surface area contributed by atoms with Gasteiger partial charge in [-0.1, -0.05) is 17.7 Å². The largest absolute Gasteiger partial charge is 0.477 e. The van der Waals surface area contributed by atoms with Crippen LogP contribution in [0.2, 0.25) is 5.02 Å². The predicted octanol–water partition coefficient (Wildman–Crippen LogP) is 2.63. The Balaban J connectivity index is 2.02. The zero-order valence-corrected chi connectivity index (χ0v) is 13.9. The summed E-state index contributed by atoms with van der Waals surface area (Å²) in [6.45, 7) is -0.438. The van der Waals surface area contributed by atoms with E-state index >= 15 is 0 Å². The van der Waals surface area contributed by atoms with Gasteiger partial charge in [-0.05, 0) is 30.3 Å². The van der Waals surface area contributed by atoms with Crippen molar-refractivity contribution in [1.82, 2.24) is 5.32 Å². The molecule has 2 N–H and O–H groups in total. The molecule has 0 unspecified atom stereocenters. The van der Waals surface area contributed by atoms with Gasteiger partial charge in [0.05, 0.1) is 4.92 Å². The van der Waals surface area contributed by atoms with Crippen molar-refractivity contribution < 1.29 is 19.2 Å². The van der Waals surface area contributed by atoms with Crippen LogP contribution in [0, 0.1) is 10.1 Å². The van der Waals surface area contributed by atoms with Crippen LogP contribution in [0.1, 0.15) is 10.4 Å². The van der Waals surface area contributed by atoms with Crippen molar-refractivity contribution in [3.8, 4) is 5.75 Å². The van der Waals surface area contributed by atoms with Gasteiger partial charge in [0.15, 0.2) is 12.4 Å². The Kier molecular flexibility index (Phi) is 5.91. The summed E-state index contributed by atoms with van der Waals surface area (Å²) in [6.07, 6.45) is 0. The molecule has 8 nitrogen and oxygen atoms in total. The number of nitro benzene ring substituents is 1. The second-order valence-corrected chi connectivity index (χ2v) is 5.30. The van der Waals surface area contributed by atoms with Crippen molar-refractivity contribution in [3.05, 3.63) is 63.2 Å². The van der Waals surface area contributed by atoms with Gasteiger partial charge in [0.2, 0.25) is 0 Å². The number of rotatable bonds is 6. The standard InChI is InChI=1S/C16H14ClN3O5/c1-18-16(22)10-3-2-4-12(7-10)19-15(21)9-25-14-6-5-11(17)8-13(14)20(23)24/h2-8H,9H2,1H3,(H,18,22)(H,19,21). The van der Waals surface area contributed by atoms with E-state index in [1.165, 1.54) is 25.2 Å². The Hall–Kier alpha value is -3.13. The van der Waals surface area contributed by atoms with Crippen LogP contribution >= 0.6 is 11.6 Å². The fraction of sp³-hybridized carbons (Fsp3) is 0.125. The minimum atomic E-state index is -0.647. The highest BCUT2D eigenvalue weighted by Crippen LogP contribution is 2.29. The first-order valence-corrected chi connectivity index (χ1v) is 7.47. The van der Waals surface area contributed by atoms with Crippen LogP contribution in [-0.4, -0.2) is 30.4 Å². The molecule has 2 amide bonds. The van der Waals surface area contributed by atoms with E-state index in [1.807, 2.05) is 0 Å². The number of nitrogens with one attached hydrogen (secondary N) is 2. The van der Waals surface area contributed by atoms with Crippen LogP contribution in [0.25, 0.3) is 0 Å². The minimum absolute atomic E-state index is 0.0661. The molecule has 0 spiro atoms. The monoisotopic (exact) mass is 363 g/mol. The third kappa shape index (κ3) is 4.92. The first kappa shape index (κ1) is 18.2. The van der Waals surface area contributed by atoms with Gasteiger partial charge in [-0.25, -0.2) is 0 Å². The molecule has 25 heavy (non-hydrogen) atoms. The molecule has 2 aromatic rings. The van der Waals surface area contributed by atoms with E-state index in [4.69, 9.17) is 16.3 Å². The van der Waals surface area contributed by atoms with Crippen molar-refractivity contribution in [2.24, 2.45) is 0 Å². The maximum Gasteiger partial charge on any atom is 0.312 e. The van der Waals surface area contributed by atoms with Crippen molar-refractivity contribution in [2.45, 2.75) is 0 Å². The molecule has 2 aromatic carbocycles. The quantitative estimate of drug-likeness (QED) is 0.605. The number of carbonyl (C=O) groups excluding carboxylic acids is 2. The van der Waals surface area contributed by atoms with Crippen molar-refractivity contribution in [2.75, 3.05) is 19.0 Å². The van der Waals surface area contributed by atoms with Gasteiger partial charge < -0.3 is 15.4 Å². The molecular weight excluding hydrogens is 350 g/mol. The molecule has 2 rings (SSSR count). The van der Waals surface area contributed by atoms with E-state index in [-0.39, 0.29) is 22.4 Å². The van der Waals surface area contributed by atoms with Gasteiger partial charge in [0, 0.05) is 29.4 Å². The van der Waals surface area contributed by atoms with E-state index in [0.29, 0.717) is 11.3 Å². The molecule has 0 aromatic heterocycles. The second kappa shape index (κ2) is 8.11. The second-order valence-electron chi connectivity index (χ2n) is 4.87. The lowest BCUT2D eigenvalue weighted by Crippen LogP contribution is -2.21. The number of amides is 2. The number of nitro groups is 1. The van der Waals surface area contributed by atoms with Crippen LogP contribution in [-0.2, 0) is 4.79 Å². The van der Waals surface area contributed by atoms with Gasteiger partial charge in [-0.15, -0.1) is 0 Å². The lowest BCUT2D eigenvalue weighted by atomic mass is 10.2. The summed E-state index contributed by atoms with van der Waals surface area (Å²) in [5.41, 5.74) is 0.455. The highest BCUT2D eigenvalue weighted by Gasteiger charge is 2.17. The number of hydrogen-bond acceptors (Lipinski definition) is 5. The molecule has 0 fully saturated rings. The maximum absolute atomic E-state index is 12.0. The SMILES string of the molecule is CNC(=O)c1cccc(NC(=O)COc2ccc(Cl)cc2[N+](=O)[O-])c1. The van der Waals surface area contributed by atoms with E-state index in [2.05, 4.69) is 10.6 Å². The predicted molar refractivity (Wildman–Crippen MR) is 92.1 cm³/mol. The Labute approximate surface area is 147 Å². The first-order chi connectivity index (χ1) is 11.9. The molecule has 0 atom stereocenters. The summed E-state index contributed by atoms with van der Waals surface area (Å²) in [4.78, 5) is 33.8. The summed E-state index contributed by atoms with van der Waals surface area (Å²) < 4.78 is 5.19. The average Bonchev–Trinajstić information content (AvgIpc) is 2.60. The van der Waals surface area contributed by atoms with Crippen molar-refractivity contribution >= 4 is 34.8 Å². The highest BCUT2D eigenvalue weighted by molar-refractivity contribution is 6.30. The normalized spacial score (nSPS) is 10.0. The topological polar surface area (TPSA) is 111 Å². The van der Waals surface area contributed by atoms with Gasteiger partial charge >= 0.3 is 5.69 Å². The number of benzene rings is 2. The first-order valence-electron chi connectivity index (χ1n) is 7.09. The third-order valence-electron chi connectivity index (χ3n) is 3.11. The molecule has 0 heterocycles. The molecule has 0 saturated carbocycles. The Bertz CT molecular complexity index is 825. The van der Waals surface area contributed by atoms with Crippen LogP contribution in [0.15, 0.2) is 42.5 Å². The summed E-state index contributed by atoms with van der Waals surface area (Å²) in [5, 5.41) is 16.2. The molecule has 0 aliphatic heterocycles. The van der Waals surface area contributed by atoms with Gasteiger partial charge in [0.25, 0.3) is 11.8 Å². The minimum Gasteiger partial charge on any atom is -0.477 e. The fourth-order valence-corrected chi connectivity index (χ4v) is 2.14. The van der Waals surface area contributed by atoms with Crippen LogP contribution in [0.5, 0.6) is 5.75 Å². The van der Waals surface area contributed by atoms with E-state index in [9.17, 15) is 19.7 Å². The smallest absolute Gasteiger partial charge is 0.312 e.